The van der Waals surface area contributed by atoms with Crippen LogP contribution in [-0.2, 0) is 6.54 Å². The Labute approximate surface area is 167 Å². The van der Waals surface area contributed by atoms with Crippen LogP contribution in [-0.4, -0.2) is 53.0 Å². The van der Waals surface area contributed by atoms with Gasteiger partial charge >= 0.3 is 0 Å². The van der Waals surface area contributed by atoms with Crippen LogP contribution in [0.25, 0.3) is 11.0 Å². The van der Waals surface area contributed by atoms with Crippen molar-refractivity contribution in [2.45, 2.75) is 25.4 Å². The minimum Gasteiger partial charge on any atom is -0.497 e. The lowest BCUT2D eigenvalue weighted by molar-refractivity contribution is 0.263. The molecule has 1 fully saturated rings. The summed E-state index contributed by atoms with van der Waals surface area (Å²) in [5.74, 6) is 1.78. The van der Waals surface area contributed by atoms with E-state index in [9.17, 15) is 0 Å². The van der Waals surface area contributed by atoms with Gasteiger partial charge in [-0.2, -0.15) is 5.10 Å². The molecule has 3 aromatic rings. The number of hydrogen-bond acceptors (Lipinski definition) is 5. The standard InChI is InChI=1S/C20H24BrN5O/c1-25-9-7-16(8-10-25)23-19-18-11-15(21)12-22-20(18)26(24-19)13-14-3-5-17(27-2)6-4-14/h3-6,11-12,16H,7-10,13H2,1-2H3,(H,23,24). The van der Waals surface area contributed by atoms with Gasteiger partial charge in [-0.3, -0.25) is 0 Å². The first kappa shape index (κ1) is 18.3. The number of aromatic nitrogens is 3. The van der Waals surface area contributed by atoms with E-state index in [0.29, 0.717) is 12.6 Å². The SMILES string of the molecule is COc1ccc(Cn2nc(NC3CCN(C)CC3)c3cc(Br)cnc32)cc1. The summed E-state index contributed by atoms with van der Waals surface area (Å²) in [6.45, 7) is 2.90. The van der Waals surface area contributed by atoms with Crippen molar-refractivity contribution in [2.24, 2.45) is 0 Å². The van der Waals surface area contributed by atoms with E-state index in [4.69, 9.17) is 9.84 Å². The number of rotatable bonds is 5. The van der Waals surface area contributed by atoms with E-state index >= 15 is 0 Å². The van der Waals surface area contributed by atoms with Gasteiger partial charge in [0.15, 0.2) is 11.5 Å². The van der Waals surface area contributed by atoms with Crippen LogP contribution in [0.15, 0.2) is 41.0 Å². The Hall–Kier alpha value is -2.12. The van der Waals surface area contributed by atoms with E-state index in [1.807, 2.05) is 23.0 Å². The van der Waals surface area contributed by atoms with Crippen LogP contribution in [0.3, 0.4) is 0 Å². The normalized spacial score (nSPS) is 16.0. The second-order valence-corrected chi connectivity index (χ2v) is 8.02. The number of likely N-dealkylation sites (tertiary alicyclic amines) is 1. The Balaban J connectivity index is 1.62. The van der Waals surface area contributed by atoms with Gasteiger partial charge in [-0.15, -0.1) is 0 Å². The van der Waals surface area contributed by atoms with Crippen molar-refractivity contribution in [2.75, 3.05) is 32.6 Å². The number of ether oxygens (including phenoxy) is 1. The first-order chi connectivity index (χ1) is 13.1. The predicted octanol–water partition coefficient (Wildman–Crippen LogP) is 3.76. The molecule has 0 radical (unpaired) electrons. The molecule has 1 aliphatic heterocycles. The lowest BCUT2D eigenvalue weighted by Gasteiger charge is -2.29. The molecule has 0 spiro atoms. The molecular weight excluding hydrogens is 406 g/mol. The second kappa shape index (κ2) is 7.86. The molecule has 0 atom stereocenters. The maximum atomic E-state index is 5.25. The molecule has 142 valence electrons. The number of piperidine rings is 1. The molecule has 6 nitrogen and oxygen atoms in total. The fraction of sp³-hybridized carbons (Fsp3) is 0.400. The molecule has 0 saturated carbocycles. The number of hydrogen-bond donors (Lipinski definition) is 1. The van der Waals surface area contributed by atoms with E-state index in [2.05, 4.69) is 56.4 Å². The summed E-state index contributed by atoms with van der Waals surface area (Å²) < 4.78 is 8.18. The third kappa shape index (κ3) is 4.09. The first-order valence-electron chi connectivity index (χ1n) is 9.22. The molecule has 0 bridgehead atoms. The van der Waals surface area contributed by atoms with Crippen LogP contribution >= 0.6 is 15.9 Å². The molecule has 1 N–H and O–H groups in total. The van der Waals surface area contributed by atoms with Gasteiger partial charge in [-0.1, -0.05) is 12.1 Å². The lowest BCUT2D eigenvalue weighted by Crippen LogP contribution is -2.36. The van der Waals surface area contributed by atoms with Crippen molar-refractivity contribution < 1.29 is 4.74 Å². The van der Waals surface area contributed by atoms with E-state index < -0.39 is 0 Å². The molecule has 0 aliphatic carbocycles. The average Bonchev–Trinajstić information content (AvgIpc) is 3.00. The predicted molar refractivity (Wildman–Crippen MR) is 111 cm³/mol. The minimum atomic E-state index is 0.452. The van der Waals surface area contributed by atoms with Crippen molar-refractivity contribution in [3.05, 3.63) is 46.6 Å². The van der Waals surface area contributed by atoms with E-state index in [-0.39, 0.29) is 0 Å². The summed E-state index contributed by atoms with van der Waals surface area (Å²) in [4.78, 5) is 6.99. The Morgan fingerprint density at radius 3 is 2.67 bits per heavy atom. The minimum absolute atomic E-state index is 0.452. The van der Waals surface area contributed by atoms with Crippen LogP contribution in [0.5, 0.6) is 5.75 Å². The maximum Gasteiger partial charge on any atom is 0.160 e. The molecule has 7 heteroatoms. The Bertz CT molecular complexity index is 916. The smallest absolute Gasteiger partial charge is 0.160 e. The Morgan fingerprint density at radius 1 is 1.22 bits per heavy atom. The number of pyridine rings is 1. The fourth-order valence-electron chi connectivity index (χ4n) is 3.50. The number of fused-ring (bicyclic) bond motifs is 1. The van der Waals surface area contributed by atoms with Crippen molar-refractivity contribution >= 4 is 32.8 Å². The van der Waals surface area contributed by atoms with E-state index in [0.717, 1.165) is 58.6 Å². The van der Waals surface area contributed by atoms with Crippen molar-refractivity contribution in [3.63, 3.8) is 0 Å². The molecule has 1 saturated heterocycles. The first-order valence-corrected chi connectivity index (χ1v) is 10.0. The van der Waals surface area contributed by atoms with Gasteiger partial charge in [0.05, 0.1) is 19.0 Å². The number of benzene rings is 1. The molecule has 27 heavy (non-hydrogen) atoms. The molecule has 2 aromatic heterocycles. The molecule has 4 rings (SSSR count). The van der Waals surface area contributed by atoms with Gasteiger partial charge in [-0.05, 0) is 72.7 Å². The number of nitrogens with zero attached hydrogens (tertiary/aromatic N) is 4. The molecule has 0 unspecified atom stereocenters. The van der Waals surface area contributed by atoms with Crippen molar-refractivity contribution in [3.8, 4) is 5.75 Å². The van der Waals surface area contributed by atoms with Gasteiger partial charge < -0.3 is 15.0 Å². The van der Waals surface area contributed by atoms with Gasteiger partial charge in [-0.25, -0.2) is 9.67 Å². The topological polar surface area (TPSA) is 55.2 Å². The summed E-state index contributed by atoms with van der Waals surface area (Å²) in [7, 11) is 3.86. The third-order valence-electron chi connectivity index (χ3n) is 5.10. The van der Waals surface area contributed by atoms with Gasteiger partial charge in [0.2, 0.25) is 0 Å². The highest BCUT2D eigenvalue weighted by molar-refractivity contribution is 9.10. The summed E-state index contributed by atoms with van der Waals surface area (Å²) in [5.41, 5.74) is 2.06. The number of nitrogens with one attached hydrogen (secondary N) is 1. The molecule has 0 amide bonds. The highest BCUT2D eigenvalue weighted by atomic mass is 79.9. The molecule has 1 aliphatic rings. The van der Waals surface area contributed by atoms with Gasteiger partial charge in [0.1, 0.15) is 5.75 Å². The monoisotopic (exact) mass is 429 g/mol. The lowest BCUT2D eigenvalue weighted by atomic mass is 10.1. The Kier molecular flexibility index (Phi) is 5.31. The van der Waals surface area contributed by atoms with Crippen molar-refractivity contribution in [1.82, 2.24) is 19.7 Å². The third-order valence-corrected chi connectivity index (χ3v) is 5.54. The van der Waals surface area contributed by atoms with E-state index in [1.54, 1.807) is 7.11 Å². The van der Waals surface area contributed by atoms with Crippen LogP contribution in [0, 0.1) is 0 Å². The van der Waals surface area contributed by atoms with Crippen molar-refractivity contribution in [1.29, 1.82) is 0 Å². The van der Waals surface area contributed by atoms with Gasteiger partial charge in [0.25, 0.3) is 0 Å². The van der Waals surface area contributed by atoms with Crippen LogP contribution < -0.4 is 10.1 Å². The zero-order chi connectivity index (χ0) is 18.8. The summed E-state index contributed by atoms with van der Waals surface area (Å²) in [6, 6.07) is 10.6. The number of anilines is 1. The van der Waals surface area contributed by atoms with Crippen LogP contribution in [0.2, 0.25) is 0 Å². The molecular formula is C20H24BrN5O. The fourth-order valence-corrected chi connectivity index (χ4v) is 3.83. The van der Waals surface area contributed by atoms with Crippen LogP contribution in [0.4, 0.5) is 5.82 Å². The summed E-state index contributed by atoms with van der Waals surface area (Å²) >= 11 is 3.54. The maximum absolute atomic E-state index is 5.25. The van der Waals surface area contributed by atoms with Crippen LogP contribution in [0.1, 0.15) is 18.4 Å². The quantitative estimate of drug-likeness (QED) is 0.668. The number of halogens is 1. The molecule has 3 heterocycles. The van der Waals surface area contributed by atoms with Gasteiger partial charge in [0, 0.05) is 16.7 Å². The highest BCUT2D eigenvalue weighted by Crippen LogP contribution is 2.27. The molecule has 1 aromatic carbocycles. The zero-order valence-corrected chi connectivity index (χ0v) is 17.2. The zero-order valence-electron chi connectivity index (χ0n) is 15.7. The summed E-state index contributed by atoms with van der Waals surface area (Å²) in [5, 5.41) is 9.57. The highest BCUT2D eigenvalue weighted by Gasteiger charge is 2.20. The second-order valence-electron chi connectivity index (χ2n) is 7.10. The number of methoxy groups -OCH3 is 1. The Morgan fingerprint density at radius 2 is 1.96 bits per heavy atom. The summed E-state index contributed by atoms with van der Waals surface area (Å²) in [6.07, 6.45) is 4.09. The average molecular weight is 430 g/mol. The largest absolute Gasteiger partial charge is 0.497 e. The van der Waals surface area contributed by atoms with E-state index in [1.165, 1.54) is 0 Å².